The first-order valence-corrected chi connectivity index (χ1v) is 8.52. The second kappa shape index (κ2) is 7.41. The van der Waals surface area contributed by atoms with Gasteiger partial charge in [0.05, 0.1) is 7.11 Å². The number of hydrogen-bond donors (Lipinski definition) is 2. The number of ether oxygens (including phenoxy) is 1. The highest BCUT2D eigenvalue weighted by molar-refractivity contribution is 7.80. The zero-order valence-corrected chi connectivity index (χ0v) is 15.1. The van der Waals surface area contributed by atoms with Crippen LogP contribution in [0.15, 0.2) is 43.0 Å². The summed E-state index contributed by atoms with van der Waals surface area (Å²) in [5.74, 6) is -0.419. The summed E-state index contributed by atoms with van der Waals surface area (Å²) < 4.78 is 6.48. The van der Waals surface area contributed by atoms with Gasteiger partial charge in [0.2, 0.25) is 0 Å². The molecule has 0 aliphatic heterocycles. The van der Waals surface area contributed by atoms with E-state index in [-0.39, 0.29) is 0 Å². The molecule has 0 saturated heterocycles. The maximum atomic E-state index is 12.4. The van der Waals surface area contributed by atoms with Crippen LogP contribution in [-0.2, 0) is 4.74 Å². The van der Waals surface area contributed by atoms with Gasteiger partial charge in [-0.3, -0.25) is 5.43 Å². The molecule has 0 spiro atoms. The van der Waals surface area contributed by atoms with Crippen molar-refractivity contribution in [3.05, 3.63) is 53.4 Å². The minimum Gasteiger partial charge on any atom is -0.465 e. The van der Waals surface area contributed by atoms with E-state index >= 15 is 0 Å². The van der Waals surface area contributed by atoms with Gasteiger partial charge in [-0.15, -0.1) is 21.5 Å². The van der Waals surface area contributed by atoms with Gasteiger partial charge in [0, 0.05) is 10.4 Å². The Balaban J connectivity index is 1.96. The molecule has 0 unspecified atom stereocenters. The predicted molar refractivity (Wildman–Crippen MR) is 101 cm³/mol. The van der Waals surface area contributed by atoms with E-state index in [0.717, 1.165) is 16.0 Å². The molecule has 2 N–H and O–H groups in total. The van der Waals surface area contributed by atoms with E-state index in [0.29, 0.717) is 15.7 Å². The van der Waals surface area contributed by atoms with Crippen molar-refractivity contribution in [1.82, 2.24) is 14.9 Å². The van der Waals surface area contributed by atoms with Gasteiger partial charge in [-0.25, -0.2) is 9.47 Å². The Morgan fingerprint density at radius 2 is 1.92 bits per heavy atom. The van der Waals surface area contributed by atoms with Crippen LogP contribution in [-0.4, -0.2) is 33.1 Å². The van der Waals surface area contributed by atoms with Gasteiger partial charge in [0.15, 0.2) is 5.11 Å². The summed E-state index contributed by atoms with van der Waals surface area (Å²) in [6.45, 7) is 1.96. The Bertz CT molecular complexity index is 891. The Hall–Kier alpha value is -2.78. The maximum absolute atomic E-state index is 12.4. The molecule has 3 rings (SSSR count). The number of benzene rings is 1. The number of aryl methyl sites for hydroxylation is 1. The summed E-state index contributed by atoms with van der Waals surface area (Å²) >= 11 is 6.73. The Morgan fingerprint density at radius 1 is 1.24 bits per heavy atom. The van der Waals surface area contributed by atoms with E-state index in [4.69, 9.17) is 17.0 Å². The summed E-state index contributed by atoms with van der Waals surface area (Å²) in [5.41, 5.74) is 5.14. The molecule has 3 aromatic rings. The van der Waals surface area contributed by atoms with E-state index in [1.165, 1.54) is 35.8 Å². The standard InChI is InChI=1S/C16H15N5O2S2/c1-10-12(11-6-4-3-5-7-11)13(15(22)23-2)14(25-10)19-16(24)20-21-8-17-18-9-21/h3-9H,1-2H3,(H2,19,20,24). The van der Waals surface area contributed by atoms with E-state index in [9.17, 15) is 4.79 Å². The van der Waals surface area contributed by atoms with Crippen molar-refractivity contribution in [3.8, 4) is 11.1 Å². The molecule has 0 aliphatic rings. The zero-order chi connectivity index (χ0) is 17.8. The number of methoxy groups -OCH3 is 1. The van der Waals surface area contributed by atoms with Crippen LogP contribution >= 0.6 is 23.6 Å². The molecule has 0 fully saturated rings. The molecule has 128 valence electrons. The van der Waals surface area contributed by atoms with Gasteiger partial charge in [-0.1, -0.05) is 30.3 Å². The third-order valence-corrected chi connectivity index (χ3v) is 4.63. The number of nitrogens with zero attached hydrogens (tertiary/aromatic N) is 3. The lowest BCUT2D eigenvalue weighted by molar-refractivity contribution is 0.0603. The highest BCUT2D eigenvalue weighted by atomic mass is 32.1. The van der Waals surface area contributed by atoms with Gasteiger partial charge in [0.25, 0.3) is 0 Å². The van der Waals surface area contributed by atoms with Crippen LogP contribution in [0.3, 0.4) is 0 Å². The SMILES string of the molecule is COC(=O)c1c(NC(=S)Nn2cnnc2)sc(C)c1-c1ccccc1. The topological polar surface area (TPSA) is 81.1 Å². The first kappa shape index (κ1) is 17.1. The minimum absolute atomic E-state index is 0.311. The second-order valence-corrected chi connectivity index (χ2v) is 6.66. The second-order valence-electron chi connectivity index (χ2n) is 5.03. The van der Waals surface area contributed by atoms with Crippen LogP contribution in [0, 0.1) is 6.92 Å². The van der Waals surface area contributed by atoms with E-state index in [1.807, 2.05) is 37.3 Å². The van der Waals surface area contributed by atoms with Crippen molar-refractivity contribution < 1.29 is 9.53 Å². The van der Waals surface area contributed by atoms with E-state index in [2.05, 4.69) is 20.9 Å². The molecule has 2 heterocycles. The predicted octanol–water partition coefficient (Wildman–Crippen LogP) is 3.04. The number of esters is 1. The molecule has 0 amide bonds. The van der Waals surface area contributed by atoms with Crippen LogP contribution < -0.4 is 10.7 Å². The lowest BCUT2D eigenvalue weighted by Gasteiger charge is -2.11. The third-order valence-electron chi connectivity index (χ3n) is 3.41. The summed E-state index contributed by atoms with van der Waals surface area (Å²) in [6, 6.07) is 9.70. The smallest absolute Gasteiger partial charge is 0.341 e. The van der Waals surface area contributed by atoms with Crippen LogP contribution in [0.4, 0.5) is 5.00 Å². The first-order chi connectivity index (χ1) is 12.1. The lowest BCUT2D eigenvalue weighted by Crippen LogP contribution is -2.26. The van der Waals surface area contributed by atoms with Crippen molar-refractivity contribution in [2.75, 3.05) is 17.9 Å². The summed E-state index contributed by atoms with van der Waals surface area (Å²) in [7, 11) is 1.36. The van der Waals surface area contributed by atoms with Crippen LogP contribution in [0.5, 0.6) is 0 Å². The number of hydrogen-bond acceptors (Lipinski definition) is 6. The molecule has 9 heteroatoms. The number of thiocarbonyl (C=S) groups is 1. The summed E-state index contributed by atoms with van der Waals surface area (Å²) in [4.78, 5) is 13.4. The van der Waals surface area contributed by atoms with E-state index in [1.54, 1.807) is 0 Å². The molecular formula is C16H15N5O2S2. The summed E-state index contributed by atoms with van der Waals surface area (Å²) in [6.07, 6.45) is 2.95. The Morgan fingerprint density at radius 3 is 2.56 bits per heavy atom. The fourth-order valence-electron chi connectivity index (χ4n) is 2.39. The fraction of sp³-hybridized carbons (Fsp3) is 0.125. The number of nitrogens with one attached hydrogen (secondary N) is 2. The Labute approximate surface area is 153 Å². The number of carbonyl (C=O) groups excluding carboxylic acids is 1. The quantitative estimate of drug-likeness (QED) is 0.537. The van der Waals surface area contributed by atoms with Crippen LogP contribution in [0.2, 0.25) is 0 Å². The van der Waals surface area contributed by atoms with Crippen molar-refractivity contribution in [2.24, 2.45) is 0 Å². The number of thiophene rings is 1. The average molecular weight is 373 g/mol. The highest BCUT2D eigenvalue weighted by Gasteiger charge is 2.24. The fourth-order valence-corrected chi connectivity index (χ4v) is 3.73. The number of rotatable bonds is 4. The van der Waals surface area contributed by atoms with Crippen LogP contribution in [0.25, 0.3) is 11.1 Å². The lowest BCUT2D eigenvalue weighted by atomic mass is 10.0. The molecule has 0 bridgehead atoms. The van der Waals surface area contributed by atoms with Crippen molar-refractivity contribution in [1.29, 1.82) is 0 Å². The van der Waals surface area contributed by atoms with Gasteiger partial charge in [-0.2, -0.15) is 0 Å². The Kier molecular flexibility index (Phi) is 5.05. The van der Waals surface area contributed by atoms with Gasteiger partial charge in [-0.05, 0) is 24.7 Å². The average Bonchev–Trinajstić information content (AvgIpc) is 3.22. The number of anilines is 1. The summed E-state index contributed by atoms with van der Waals surface area (Å²) in [5, 5.41) is 11.4. The van der Waals surface area contributed by atoms with Crippen molar-refractivity contribution in [2.45, 2.75) is 6.92 Å². The molecule has 0 radical (unpaired) electrons. The molecule has 0 aliphatic carbocycles. The molecule has 0 atom stereocenters. The first-order valence-electron chi connectivity index (χ1n) is 7.30. The van der Waals surface area contributed by atoms with Crippen molar-refractivity contribution in [3.63, 3.8) is 0 Å². The monoisotopic (exact) mass is 373 g/mol. The maximum Gasteiger partial charge on any atom is 0.341 e. The molecule has 7 nitrogen and oxygen atoms in total. The molecule has 0 saturated carbocycles. The molecule has 25 heavy (non-hydrogen) atoms. The van der Waals surface area contributed by atoms with Gasteiger partial charge in [0.1, 0.15) is 23.2 Å². The number of carbonyl (C=O) groups is 1. The zero-order valence-electron chi connectivity index (χ0n) is 13.5. The van der Waals surface area contributed by atoms with Crippen molar-refractivity contribution >= 4 is 39.6 Å². The largest absolute Gasteiger partial charge is 0.465 e. The third kappa shape index (κ3) is 3.67. The molecule has 1 aromatic carbocycles. The van der Waals surface area contributed by atoms with E-state index < -0.39 is 5.97 Å². The van der Waals surface area contributed by atoms with Crippen LogP contribution in [0.1, 0.15) is 15.2 Å². The molecule has 2 aromatic heterocycles. The number of aromatic nitrogens is 3. The minimum atomic E-state index is -0.419. The highest BCUT2D eigenvalue weighted by Crippen LogP contribution is 2.40. The normalized spacial score (nSPS) is 10.3. The van der Waals surface area contributed by atoms with Gasteiger partial charge >= 0.3 is 5.97 Å². The van der Waals surface area contributed by atoms with Gasteiger partial charge < -0.3 is 10.1 Å². The molecular weight excluding hydrogens is 358 g/mol.